The van der Waals surface area contributed by atoms with Gasteiger partial charge in [0, 0.05) is 31.0 Å². The van der Waals surface area contributed by atoms with Crippen LogP contribution in [0.15, 0.2) is 30.3 Å². The molecule has 0 bridgehead atoms. The molecule has 5 heteroatoms. The van der Waals surface area contributed by atoms with E-state index < -0.39 is 5.97 Å². The van der Waals surface area contributed by atoms with Gasteiger partial charge in [0.15, 0.2) is 0 Å². The molecule has 1 aliphatic carbocycles. The normalized spacial score (nSPS) is 19.9. The third-order valence-electron chi connectivity index (χ3n) is 5.61. The second kappa shape index (κ2) is 7.89. The highest BCUT2D eigenvalue weighted by molar-refractivity contribution is 5.76. The highest BCUT2D eigenvalue weighted by atomic mass is 16.4. The highest BCUT2D eigenvalue weighted by Gasteiger charge is 2.45. The molecule has 25 heavy (non-hydrogen) atoms. The van der Waals surface area contributed by atoms with Gasteiger partial charge in [0.05, 0.1) is 0 Å². The van der Waals surface area contributed by atoms with Gasteiger partial charge in [0.25, 0.3) is 0 Å². The van der Waals surface area contributed by atoms with Gasteiger partial charge in [-0.1, -0.05) is 49.6 Å². The van der Waals surface area contributed by atoms with Crippen molar-refractivity contribution in [3.63, 3.8) is 0 Å². The van der Waals surface area contributed by atoms with Crippen LogP contribution < -0.4 is 5.32 Å². The van der Waals surface area contributed by atoms with Crippen LogP contribution in [0.4, 0.5) is 4.79 Å². The molecule has 0 radical (unpaired) electrons. The van der Waals surface area contributed by atoms with E-state index >= 15 is 0 Å². The second-order valence-corrected chi connectivity index (χ2v) is 7.69. The van der Waals surface area contributed by atoms with Gasteiger partial charge in [-0.25, -0.2) is 4.79 Å². The van der Waals surface area contributed by atoms with Gasteiger partial charge < -0.3 is 15.3 Å². The standard InChI is InChI=1S/C20H28N2O3/c23-18(24)10-9-17(13-16-7-3-1-4-8-16)21-19(25)22-14-20(15-22)11-5-2-6-12-20/h1,3-4,7-8,17H,2,5-6,9-15H2,(H,21,25)(H,23,24). The van der Waals surface area contributed by atoms with Gasteiger partial charge in [0.2, 0.25) is 0 Å². The summed E-state index contributed by atoms with van der Waals surface area (Å²) in [6, 6.07) is 9.73. The van der Waals surface area contributed by atoms with Crippen molar-refractivity contribution in [3.05, 3.63) is 35.9 Å². The highest BCUT2D eigenvalue weighted by Crippen LogP contribution is 2.43. The van der Waals surface area contributed by atoms with Crippen molar-refractivity contribution < 1.29 is 14.7 Å². The van der Waals surface area contributed by atoms with E-state index in [-0.39, 0.29) is 18.5 Å². The quantitative estimate of drug-likeness (QED) is 0.830. The molecule has 2 N–H and O–H groups in total. The maximum atomic E-state index is 12.6. The predicted molar refractivity (Wildman–Crippen MR) is 96.4 cm³/mol. The van der Waals surface area contributed by atoms with Gasteiger partial charge in [-0.3, -0.25) is 4.79 Å². The minimum atomic E-state index is -0.822. The van der Waals surface area contributed by atoms with Crippen molar-refractivity contribution in [3.8, 4) is 0 Å². The first kappa shape index (κ1) is 17.8. The molecule has 2 aliphatic rings. The number of benzene rings is 1. The van der Waals surface area contributed by atoms with Crippen LogP contribution in [0, 0.1) is 5.41 Å². The topological polar surface area (TPSA) is 69.6 Å². The first-order chi connectivity index (χ1) is 12.1. The first-order valence-corrected chi connectivity index (χ1v) is 9.38. The van der Waals surface area contributed by atoms with Gasteiger partial charge in [-0.05, 0) is 31.2 Å². The van der Waals surface area contributed by atoms with Crippen molar-refractivity contribution in [1.82, 2.24) is 10.2 Å². The number of urea groups is 1. The van der Waals surface area contributed by atoms with Gasteiger partial charge >= 0.3 is 12.0 Å². The number of amides is 2. The summed E-state index contributed by atoms with van der Waals surface area (Å²) in [6.07, 6.45) is 7.56. The van der Waals surface area contributed by atoms with Crippen LogP contribution in [0.2, 0.25) is 0 Å². The van der Waals surface area contributed by atoms with E-state index in [0.717, 1.165) is 18.7 Å². The fraction of sp³-hybridized carbons (Fsp3) is 0.600. The van der Waals surface area contributed by atoms with Crippen molar-refractivity contribution >= 4 is 12.0 Å². The number of carbonyl (C=O) groups is 2. The molecular weight excluding hydrogens is 316 g/mol. The van der Waals surface area contributed by atoms with Crippen LogP contribution in [0.1, 0.15) is 50.5 Å². The lowest BCUT2D eigenvalue weighted by molar-refractivity contribution is -0.137. The molecule has 1 aromatic rings. The number of likely N-dealkylation sites (tertiary alicyclic amines) is 1. The lowest BCUT2D eigenvalue weighted by atomic mass is 9.69. The molecule has 136 valence electrons. The van der Waals surface area contributed by atoms with Crippen LogP contribution in [0.5, 0.6) is 0 Å². The van der Waals surface area contributed by atoms with Gasteiger partial charge in [0.1, 0.15) is 0 Å². The van der Waals surface area contributed by atoms with Crippen LogP contribution >= 0.6 is 0 Å². The number of hydrogen-bond acceptors (Lipinski definition) is 2. The zero-order valence-electron chi connectivity index (χ0n) is 14.7. The summed E-state index contributed by atoms with van der Waals surface area (Å²) in [5, 5.41) is 12.0. The number of nitrogens with zero attached hydrogens (tertiary/aromatic N) is 1. The summed E-state index contributed by atoms with van der Waals surface area (Å²) >= 11 is 0. The minimum Gasteiger partial charge on any atom is -0.481 e. The number of aliphatic carboxylic acids is 1. The molecule has 1 aliphatic heterocycles. The number of carbonyl (C=O) groups excluding carboxylic acids is 1. The predicted octanol–water partition coefficient (Wildman–Crippen LogP) is 3.44. The first-order valence-electron chi connectivity index (χ1n) is 9.38. The van der Waals surface area contributed by atoms with Crippen molar-refractivity contribution in [2.24, 2.45) is 5.41 Å². The Hall–Kier alpha value is -2.04. The zero-order valence-corrected chi connectivity index (χ0v) is 14.7. The van der Waals surface area contributed by atoms with Crippen molar-refractivity contribution in [1.29, 1.82) is 0 Å². The third kappa shape index (κ3) is 4.74. The fourth-order valence-corrected chi connectivity index (χ4v) is 4.21. The van der Waals surface area contributed by atoms with Gasteiger partial charge in [-0.2, -0.15) is 0 Å². The maximum absolute atomic E-state index is 12.6. The Labute approximate surface area is 149 Å². The second-order valence-electron chi connectivity index (χ2n) is 7.69. The van der Waals surface area contributed by atoms with E-state index in [2.05, 4.69) is 5.32 Å². The zero-order chi connectivity index (χ0) is 17.7. The fourth-order valence-electron chi connectivity index (χ4n) is 4.21. The molecular formula is C20H28N2O3. The number of carboxylic acids is 1. The van der Waals surface area contributed by atoms with Crippen LogP contribution in [-0.4, -0.2) is 41.1 Å². The van der Waals surface area contributed by atoms with E-state index in [4.69, 9.17) is 5.11 Å². The lowest BCUT2D eigenvalue weighted by Gasteiger charge is -2.52. The van der Waals surface area contributed by atoms with Crippen LogP contribution in [-0.2, 0) is 11.2 Å². The Morgan fingerprint density at radius 2 is 1.80 bits per heavy atom. The van der Waals surface area contributed by atoms with Crippen LogP contribution in [0.3, 0.4) is 0 Å². The van der Waals surface area contributed by atoms with Crippen molar-refractivity contribution in [2.45, 2.75) is 57.4 Å². The average molecular weight is 344 g/mol. The molecule has 5 nitrogen and oxygen atoms in total. The molecule has 0 aromatic heterocycles. The van der Waals surface area contributed by atoms with E-state index in [1.54, 1.807) is 0 Å². The van der Waals surface area contributed by atoms with Gasteiger partial charge in [-0.15, -0.1) is 0 Å². The van der Waals surface area contributed by atoms with E-state index in [1.807, 2.05) is 35.2 Å². The lowest BCUT2D eigenvalue weighted by Crippen LogP contribution is -2.62. The molecule has 3 rings (SSSR count). The third-order valence-corrected chi connectivity index (χ3v) is 5.61. The number of carboxylic acid groups (broad SMARTS) is 1. The molecule has 1 spiro atoms. The minimum absolute atomic E-state index is 0.0393. The summed E-state index contributed by atoms with van der Waals surface area (Å²) in [4.78, 5) is 25.4. The Kier molecular flexibility index (Phi) is 5.61. The number of nitrogens with one attached hydrogen (secondary N) is 1. The summed E-state index contributed by atoms with van der Waals surface area (Å²) in [6.45, 7) is 1.71. The summed E-state index contributed by atoms with van der Waals surface area (Å²) in [7, 11) is 0. The maximum Gasteiger partial charge on any atom is 0.317 e. The number of hydrogen-bond donors (Lipinski definition) is 2. The summed E-state index contributed by atoms with van der Waals surface area (Å²) < 4.78 is 0. The Balaban J connectivity index is 1.54. The molecule has 2 amide bonds. The summed E-state index contributed by atoms with van der Waals surface area (Å²) in [5.41, 5.74) is 1.48. The van der Waals surface area contributed by atoms with Crippen molar-refractivity contribution in [2.75, 3.05) is 13.1 Å². The summed E-state index contributed by atoms with van der Waals surface area (Å²) in [5.74, 6) is -0.822. The molecule has 1 atom stereocenters. The van der Waals surface area contributed by atoms with E-state index in [9.17, 15) is 9.59 Å². The Morgan fingerprint density at radius 3 is 2.44 bits per heavy atom. The average Bonchev–Trinajstić information content (AvgIpc) is 2.59. The number of rotatable bonds is 6. The molecule has 1 saturated heterocycles. The SMILES string of the molecule is O=C(O)CCC(Cc1ccccc1)NC(=O)N1CC2(CCCCC2)C1. The van der Waals surface area contributed by atoms with E-state index in [0.29, 0.717) is 18.3 Å². The molecule has 2 fully saturated rings. The Bertz CT molecular complexity index is 588. The molecule has 1 unspecified atom stereocenters. The largest absolute Gasteiger partial charge is 0.481 e. The molecule has 1 saturated carbocycles. The monoisotopic (exact) mass is 344 g/mol. The van der Waals surface area contributed by atoms with E-state index in [1.165, 1.54) is 32.1 Å². The Morgan fingerprint density at radius 1 is 1.12 bits per heavy atom. The molecule has 1 aromatic carbocycles. The van der Waals surface area contributed by atoms with Crippen LogP contribution in [0.25, 0.3) is 0 Å². The molecule has 1 heterocycles. The smallest absolute Gasteiger partial charge is 0.317 e.